The van der Waals surface area contributed by atoms with Crippen molar-refractivity contribution in [1.82, 2.24) is 20.2 Å². The lowest BCUT2D eigenvalue weighted by atomic mass is 10.1. The second-order valence-corrected chi connectivity index (χ2v) is 5.48. The van der Waals surface area contributed by atoms with Gasteiger partial charge in [-0.25, -0.2) is 4.39 Å². The fraction of sp³-hybridized carbons (Fsp3) is 0. The molecule has 0 radical (unpaired) electrons. The van der Waals surface area contributed by atoms with Gasteiger partial charge in [0.05, 0.1) is 20.9 Å². The Bertz CT molecular complexity index is 820. The number of nitrogen functional groups attached to an aromatic ring is 1. The van der Waals surface area contributed by atoms with E-state index in [0.29, 0.717) is 32.3 Å². The van der Waals surface area contributed by atoms with Crippen LogP contribution in [0.2, 0.25) is 5.02 Å². The van der Waals surface area contributed by atoms with E-state index in [1.165, 1.54) is 10.7 Å². The Hall–Kier alpha value is -1.99. The summed E-state index contributed by atoms with van der Waals surface area (Å²) in [6.07, 6.45) is 0. The van der Waals surface area contributed by atoms with Crippen molar-refractivity contribution < 1.29 is 4.39 Å². The van der Waals surface area contributed by atoms with E-state index in [9.17, 15) is 4.39 Å². The van der Waals surface area contributed by atoms with Crippen molar-refractivity contribution in [3.05, 3.63) is 51.7 Å². The third-order valence-corrected chi connectivity index (χ3v) is 3.85. The number of tetrazole rings is 1. The molecule has 0 aliphatic heterocycles. The molecule has 0 unspecified atom stereocenters. The number of hydrogen-bond donors (Lipinski definition) is 1. The molecule has 0 bridgehead atoms. The molecule has 0 amide bonds. The van der Waals surface area contributed by atoms with E-state index < -0.39 is 0 Å². The SMILES string of the molecule is Nc1c(Cl)cccc1-c1nnnn1-c1ccc(F)c(Br)c1. The summed E-state index contributed by atoms with van der Waals surface area (Å²) >= 11 is 9.15. The summed E-state index contributed by atoms with van der Waals surface area (Å²) in [5.41, 5.74) is 7.55. The van der Waals surface area contributed by atoms with Gasteiger partial charge < -0.3 is 5.73 Å². The number of halogens is 3. The summed E-state index contributed by atoms with van der Waals surface area (Å²) in [5, 5.41) is 12.0. The zero-order chi connectivity index (χ0) is 15.0. The van der Waals surface area contributed by atoms with E-state index in [1.807, 2.05) is 0 Å². The predicted octanol–water partition coefficient (Wildman–Crippen LogP) is 3.47. The van der Waals surface area contributed by atoms with Crippen LogP contribution in [0.3, 0.4) is 0 Å². The fourth-order valence-electron chi connectivity index (χ4n) is 1.88. The first-order valence-electron chi connectivity index (χ1n) is 5.86. The molecule has 0 fully saturated rings. The minimum Gasteiger partial charge on any atom is -0.397 e. The van der Waals surface area contributed by atoms with Crippen molar-refractivity contribution in [2.75, 3.05) is 5.73 Å². The van der Waals surface area contributed by atoms with Gasteiger partial charge in [0.25, 0.3) is 0 Å². The average molecular weight is 369 g/mol. The van der Waals surface area contributed by atoms with Crippen molar-refractivity contribution in [3.63, 3.8) is 0 Å². The minimum atomic E-state index is -0.365. The standard InChI is InChI=1S/C13H8BrClFN5/c14-9-6-7(4-5-11(9)16)21-13(18-19-20-21)8-2-1-3-10(15)12(8)17/h1-6H,17H2. The molecule has 1 heterocycles. The van der Waals surface area contributed by atoms with Crippen LogP contribution in [0.15, 0.2) is 40.9 Å². The maximum absolute atomic E-state index is 13.3. The van der Waals surface area contributed by atoms with Crippen LogP contribution < -0.4 is 5.73 Å². The molecule has 8 heteroatoms. The topological polar surface area (TPSA) is 69.6 Å². The summed E-state index contributed by atoms with van der Waals surface area (Å²) in [5.74, 6) is 0.0594. The molecule has 2 N–H and O–H groups in total. The average Bonchev–Trinajstić information content (AvgIpc) is 2.94. The molecule has 0 saturated carbocycles. The van der Waals surface area contributed by atoms with Crippen molar-refractivity contribution in [2.45, 2.75) is 0 Å². The molecule has 0 atom stereocenters. The number of aromatic nitrogens is 4. The van der Waals surface area contributed by atoms with Crippen LogP contribution in [-0.4, -0.2) is 20.2 Å². The molecule has 3 aromatic rings. The lowest BCUT2D eigenvalue weighted by molar-refractivity contribution is 0.620. The van der Waals surface area contributed by atoms with E-state index in [0.717, 1.165) is 0 Å². The van der Waals surface area contributed by atoms with E-state index in [2.05, 4.69) is 31.5 Å². The Balaban J connectivity index is 2.17. The lowest BCUT2D eigenvalue weighted by Crippen LogP contribution is -2.02. The molecule has 3 rings (SSSR count). The number of rotatable bonds is 2. The van der Waals surface area contributed by atoms with Crippen molar-refractivity contribution in [1.29, 1.82) is 0 Å². The number of nitrogens with two attached hydrogens (primary N) is 1. The predicted molar refractivity (Wildman–Crippen MR) is 81.7 cm³/mol. The Morgan fingerprint density at radius 2 is 2.05 bits per heavy atom. The zero-order valence-electron chi connectivity index (χ0n) is 10.5. The van der Waals surface area contributed by atoms with Crippen molar-refractivity contribution >= 4 is 33.2 Å². The van der Waals surface area contributed by atoms with Gasteiger partial charge in [0.15, 0.2) is 5.82 Å². The maximum Gasteiger partial charge on any atom is 0.189 e. The van der Waals surface area contributed by atoms with Crippen LogP contribution in [0.5, 0.6) is 0 Å². The number of anilines is 1. The van der Waals surface area contributed by atoms with E-state index in [-0.39, 0.29) is 5.82 Å². The van der Waals surface area contributed by atoms with Gasteiger partial charge in [-0.3, -0.25) is 0 Å². The summed E-state index contributed by atoms with van der Waals surface area (Å²) in [4.78, 5) is 0. The summed E-state index contributed by atoms with van der Waals surface area (Å²) in [6.45, 7) is 0. The van der Waals surface area contributed by atoms with Crippen molar-refractivity contribution in [3.8, 4) is 17.1 Å². The monoisotopic (exact) mass is 367 g/mol. The molecule has 106 valence electrons. The van der Waals surface area contributed by atoms with Gasteiger partial charge in [0.2, 0.25) is 0 Å². The van der Waals surface area contributed by atoms with E-state index in [4.69, 9.17) is 17.3 Å². The van der Waals surface area contributed by atoms with Gasteiger partial charge in [-0.15, -0.1) is 5.10 Å². The smallest absolute Gasteiger partial charge is 0.189 e. The highest BCUT2D eigenvalue weighted by molar-refractivity contribution is 9.10. The molecule has 1 aromatic heterocycles. The number of hydrogen-bond acceptors (Lipinski definition) is 4. The molecule has 0 saturated heterocycles. The van der Waals surface area contributed by atoms with Crippen LogP contribution in [-0.2, 0) is 0 Å². The van der Waals surface area contributed by atoms with E-state index in [1.54, 1.807) is 30.3 Å². The quantitative estimate of drug-likeness (QED) is 0.703. The molecular weight excluding hydrogens is 361 g/mol. The maximum atomic E-state index is 13.3. The third-order valence-electron chi connectivity index (χ3n) is 2.91. The van der Waals surface area contributed by atoms with Gasteiger partial charge in [-0.05, 0) is 56.7 Å². The van der Waals surface area contributed by atoms with Gasteiger partial charge >= 0.3 is 0 Å². The first-order chi connectivity index (χ1) is 10.1. The highest BCUT2D eigenvalue weighted by Crippen LogP contribution is 2.31. The highest BCUT2D eigenvalue weighted by Gasteiger charge is 2.15. The molecule has 0 spiro atoms. The summed E-state index contributed by atoms with van der Waals surface area (Å²) in [6, 6.07) is 9.68. The highest BCUT2D eigenvalue weighted by atomic mass is 79.9. The summed E-state index contributed by atoms with van der Waals surface area (Å²) in [7, 11) is 0. The normalized spacial score (nSPS) is 10.8. The lowest BCUT2D eigenvalue weighted by Gasteiger charge is -2.08. The molecule has 5 nitrogen and oxygen atoms in total. The zero-order valence-corrected chi connectivity index (χ0v) is 12.8. The van der Waals surface area contributed by atoms with Crippen molar-refractivity contribution in [2.24, 2.45) is 0 Å². The first-order valence-corrected chi connectivity index (χ1v) is 7.03. The van der Waals surface area contributed by atoms with Gasteiger partial charge in [0, 0.05) is 5.56 Å². The Morgan fingerprint density at radius 1 is 1.24 bits per heavy atom. The minimum absolute atomic E-state index is 0.320. The van der Waals surface area contributed by atoms with E-state index >= 15 is 0 Å². The van der Waals surface area contributed by atoms with Gasteiger partial charge in [-0.1, -0.05) is 17.7 Å². The Labute approximate surface area is 132 Å². The summed E-state index contributed by atoms with van der Waals surface area (Å²) < 4.78 is 15.1. The first kappa shape index (κ1) is 14.0. The molecular formula is C13H8BrClFN5. The Morgan fingerprint density at radius 3 is 2.81 bits per heavy atom. The van der Waals surface area contributed by atoms with Crippen LogP contribution in [0.25, 0.3) is 17.1 Å². The van der Waals surface area contributed by atoms with Crippen LogP contribution >= 0.6 is 27.5 Å². The number of para-hydroxylation sites is 1. The number of benzene rings is 2. The molecule has 21 heavy (non-hydrogen) atoms. The molecule has 2 aromatic carbocycles. The second kappa shape index (κ2) is 5.42. The largest absolute Gasteiger partial charge is 0.397 e. The van der Waals surface area contributed by atoms with Gasteiger partial charge in [-0.2, -0.15) is 4.68 Å². The van der Waals surface area contributed by atoms with Crippen LogP contribution in [0, 0.1) is 5.82 Å². The van der Waals surface area contributed by atoms with Crippen LogP contribution in [0.1, 0.15) is 0 Å². The number of nitrogens with zero attached hydrogens (tertiary/aromatic N) is 4. The molecule has 0 aliphatic carbocycles. The second-order valence-electron chi connectivity index (χ2n) is 4.21. The van der Waals surface area contributed by atoms with Crippen LogP contribution in [0.4, 0.5) is 10.1 Å². The molecule has 0 aliphatic rings. The Kier molecular flexibility index (Phi) is 3.60. The third kappa shape index (κ3) is 2.50. The fourth-order valence-corrected chi connectivity index (χ4v) is 2.42. The van der Waals surface area contributed by atoms with Gasteiger partial charge in [0.1, 0.15) is 5.82 Å².